The number of hydrogen-bond donors (Lipinski definition) is 1. The average molecular weight is 245 g/mol. The van der Waals surface area contributed by atoms with Gasteiger partial charge in [-0.05, 0) is 30.5 Å². The molecule has 3 nitrogen and oxygen atoms in total. The number of aromatic nitrogens is 2. The van der Waals surface area contributed by atoms with Crippen molar-refractivity contribution in [2.45, 2.75) is 25.8 Å². The van der Waals surface area contributed by atoms with Gasteiger partial charge in [0.15, 0.2) is 0 Å². The highest BCUT2D eigenvalue weighted by Gasteiger charge is 2.22. The summed E-state index contributed by atoms with van der Waals surface area (Å²) in [5.74, 6) is 0.870. The van der Waals surface area contributed by atoms with Crippen LogP contribution in [0.2, 0.25) is 0 Å². The number of benzene rings is 1. The lowest BCUT2D eigenvalue weighted by Crippen LogP contribution is -2.24. The van der Waals surface area contributed by atoms with Gasteiger partial charge in [0.25, 0.3) is 0 Å². The SMILES string of the molecule is CCc1cc2n(n1)C(c1ccc(F)cc1)CCN2. The van der Waals surface area contributed by atoms with Gasteiger partial charge < -0.3 is 5.32 Å². The van der Waals surface area contributed by atoms with E-state index < -0.39 is 0 Å². The van der Waals surface area contributed by atoms with E-state index in [1.807, 2.05) is 16.8 Å². The topological polar surface area (TPSA) is 29.9 Å². The maximum atomic E-state index is 13.0. The Bertz CT molecular complexity index is 545. The largest absolute Gasteiger partial charge is 0.370 e. The third-order valence-electron chi connectivity index (χ3n) is 3.42. The molecule has 4 heteroatoms. The fourth-order valence-electron chi connectivity index (χ4n) is 2.44. The number of nitrogens with zero attached hydrogens (tertiary/aromatic N) is 2. The number of halogens is 1. The van der Waals surface area contributed by atoms with Crippen LogP contribution >= 0.6 is 0 Å². The number of nitrogens with one attached hydrogen (secondary N) is 1. The van der Waals surface area contributed by atoms with Crippen LogP contribution in [0.4, 0.5) is 10.2 Å². The molecule has 18 heavy (non-hydrogen) atoms. The molecule has 0 fully saturated rings. The summed E-state index contributed by atoms with van der Waals surface area (Å²) in [5.41, 5.74) is 2.21. The van der Waals surface area contributed by atoms with E-state index in [4.69, 9.17) is 0 Å². The van der Waals surface area contributed by atoms with Crippen molar-refractivity contribution in [3.63, 3.8) is 0 Å². The Labute approximate surface area is 106 Å². The second kappa shape index (κ2) is 4.44. The summed E-state index contributed by atoms with van der Waals surface area (Å²) in [6, 6.07) is 9.03. The molecule has 0 aliphatic carbocycles. The molecule has 1 N–H and O–H groups in total. The monoisotopic (exact) mass is 245 g/mol. The normalized spacial score (nSPS) is 18.2. The van der Waals surface area contributed by atoms with E-state index in [0.29, 0.717) is 0 Å². The third kappa shape index (κ3) is 1.88. The van der Waals surface area contributed by atoms with Gasteiger partial charge in [0, 0.05) is 12.6 Å². The molecule has 0 spiro atoms. The van der Waals surface area contributed by atoms with Crippen LogP contribution in [0.15, 0.2) is 30.3 Å². The summed E-state index contributed by atoms with van der Waals surface area (Å²) in [4.78, 5) is 0. The van der Waals surface area contributed by atoms with Gasteiger partial charge in [0.2, 0.25) is 0 Å². The second-order valence-corrected chi connectivity index (χ2v) is 4.60. The minimum atomic E-state index is -0.192. The maximum absolute atomic E-state index is 13.0. The lowest BCUT2D eigenvalue weighted by molar-refractivity contribution is 0.477. The molecule has 1 aliphatic rings. The average Bonchev–Trinajstić information content (AvgIpc) is 2.82. The Morgan fingerprint density at radius 1 is 1.39 bits per heavy atom. The van der Waals surface area contributed by atoms with E-state index in [9.17, 15) is 4.39 Å². The molecule has 1 atom stereocenters. The van der Waals surface area contributed by atoms with Gasteiger partial charge in [-0.2, -0.15) is 5.10 Å². The highest BCUT2D eigenvalue weighted by atomic mass is 19.1. The van der Waals surface area contributed by atoms with Crippen LogP contribution in [0.5, 0.6) is 0 Å². The molecule has 0 bridgehead atoms. The molecule has 3 rings (SSSR count). The Morgan fingerprint density at radius 2 is 2.17 bits per heavy atom. The van der Waals surface area contributed by atoms with Gasteiger partial charge in [-0.1, -0.05) is 19.1 Å². The lowest BCUT2D eigenvalue weighted by Gasteiger charge is -2.26. The van der Waals surface area contributed by atoms with Crippen LogP contribution in [0, 0.1) is 5.82 Å². The van der Waals surface area contributed by atoms with Crippen molar-refractivity contribution in [1.82, 2.24) is 9.78 Å². The summed E-state index contributed by atoms with van der Waals surface area (Å²) >= 11 is 0. The summed E-state index contributed by atoms with van der Waals surface area (Å²) in [7, 11) is 0. The third-order valence-corrected chi connectivity index (χ3v) is 3.42. The molecule has 0 saturated carbocycles. The Kier molecular flexibility index (Phi) is 2.78. The Morgan fingerprint density at radius 3 is 2.89 bits per heavy atom. The first-order valence-corrected chi connectivity index (χ1v) is 6.35. The quantitative estimate of drug-likeness (QED) is 0.881. The van der Waals surface area contributed by atoms with E-state index in [-0.39, 0.29) is 11.9 Å². The van der Waals surface area contributed by atoms with Crippen molar-refractivity contribution in [3.05, 3.63) is 47.4 Å². The van der Waals surface area contributed by atoms with Crippen molar-refractivity contribution < 1.29 is 4.39 Å². The van der Waals surface area contributed by atoms with Crippen LogP contribution in [-0.4, -0.2) is 16.3 Å². The first kappa shape index (κ1) is 11.3. The van der Waals surface area contributed by atoms with Gasteiger partial charge in [-0.15, -0.1) is 0 Å². The molecule has 1 unspecified atom stereocenters. The molecule has 1 aliphatic heterocycles. The molecule has 2 heterocycles. The highest BCUT2D eigenvalue weighted by Crippen LogP contribution is 2.29. The highest BCUT2D eigenvalue weighted by molar-refractivity contribution is 5.41. The molecule has 1 aromatic carbocycles. The van der Waals surface area contributed by atoms with Crippen LogP contribution in [-0.2, 0) is 6.42 Å². The molecule has 2 aromatic rings. The number of aryl methyl sites for hydroxylation is 1. The van der Waals surface area contributed by atoms with Crippen molar-refractivity contribution in [2.75, 3.05) is 11.9 Å². The number of anilines is 1. The van der Waals surface area contributed by atoms with Gasteiger partial charge >= 0.3 is 0 Å². The molecule has 0 saturated heterocycles. The van der Waals surface area contributed by atoms with E-state index in [0.717, 1.165) is 36.5 Å². The predicted octanol–water partition coefficient (Wildman–Crippen LogP) is 2.99. The summed E-state index contributed by atoms with van der Waals surface area (Å²) in [6.07, 6.45) is 1.90. The van der Waals surface area contributed by atoms with E-state index >= 15 is 0 Å². The van der Waals surface area contributed by atoms with Gasteiger partial charge in [0.1, 0.15) is 11.6 Å². The van der Waals surface area contributed by atoms with E-state index in [2.05, 4.69) is 23.4 Å². The zero-order chi connectivity index (χ0) is 12.5. The first-order chi connectivity index (χ1) is 8.78. The number of fused-ring (bicyclic) bond motifs is 1. The van der Waals surface area contributed by atoms with Crippen LogP contribution < -0.4 is 5.32 Å². The molecular weight excluding hydrogens is 229 g/mol. The van der Waals surface area contributed by atoms with Crippen LogP contribution in [0.25, 0.3) is 0 Å². The van der Waals surface area contributed by atoms with Crippen LogP contribution in [0.1, 0.15) is 30.6 Å². The number of rotatable bonds is 2. The molecule has 0 radical (unpaired) electrons. The first-order valence-electron chi connectivity index (χ1n) is 6.35. The number of hydrogen-bond acceptors (Lipinski definition) is 2. The fraction of sp³-hybridized carbons (Fsp3) is 0.357. The second-order valence-electron chi connectivity index (χ2n) is 4.60. The van der Waals surface area contributed by atoms with E-state index in [1.54, 1.807) is 0 Å². The zero-order valence-corrected chi connectivity index (χ0v) is 10.4. The van der Waals surface area contributed by atoms with Crippen molar-refractivity contribution in [1.29, 1.82) is 0 Å². The molecule has 0 amide bonds. The maximum Gasteiger partial charge on any atom is 0.125 e. The lowest BCUT2D eigenvalue weighted by atomic mass is 10.0. The Hall–Kier alpha value is -1.84. The summed E-state index contributed by atoms with van der Waals surface area (Å²) in [6.45, 7) is 3.03. The minimum Gasteiger partial charge on any atom is -0.370 e. The van der Waals surface area contributed by atoms with Crippen molar-refractivity contribution >= 4 is 5.82 Å². The summed E-state index contributed by atoms with van der Waals surface area (Å²) in [5, 5.41) is 7.96. The van der Waals surface area contributed by atoms with Crippen molar-refractivity contribution in [3.8, 4) is 0 Å². The fourth-order valence-corrected chi connectivity index (χ4v) is 2.44. The van der Waals surface area contributed by atoms with Gasteiger partial charge in [-0.3, -0.25) is 0 Å². The Balaban J connectivity index is 2.00. The van der Waals surface area contributed by atoms with Gasteiger partial charge in [-0.25, -0.2) is 9.07 Å². The molecular formula is C14H16FN3. The van der Waals surface area contributed by atoms with E-state index in [1.165, 1.54) is 12.1 Å². The summed E-state index contributed by atoms with van der Waals surface area (Å²) < 4.78 is 15.0. The molecule has 94 valence electrons. The van der Waals surface area contributed by atoms with Crippen LogP contribution in [0.3, 0.4) is 0 Å². The van der Waals surface area contributed by atoms with Gasteiger partial charge in [0.05, 0.1) is 11.7 Å². The molecule has 1 aromatic heterocycles. The standard InChI is InChI=1S/C14H16FN3/c1-2-12-9-14-16-8-7-13(18(14)17-12)10-3-5-11(15)6-4-10/h3-6,9,13,16H,2,7-8H2,1H3. The smallest absolute Gasteiger partial charge is 0.125 e. The zero-order valence-electron chi connectivity index (χ0n) is 10.4. The minimum absolute atomic E-state index is 0.192. The van der Waals surface area contributed by atoms with Crippen molar-refractivity contribution in [2.24, 2.45) is 0 Å². The predicted molar refractivity (Wildman–Crippen MR) is 69.3 cm³/mol.